The first-order chi connectivity index (χ1) is 10.3. The standard InChI is InChI=1S/C14H19ClN4O2S/c1-10(2)14(9-19-16-6-7-17-19)18-22(20,21)12-5-4-11(3)13(15)8-12/h4-8,10,14,18H,9H2,1-3H3/t14-/m1/s1. The van der Waals surface area contributed by atoms with Crippen molar-refractivity contribution in [2.45, 2.75) is 38.3 Å². The maximum atomic E-state index is 12.5. The zero-order valence-corrected chi connectivity index (χ0v) is 14.3. The van der Waals surface area contributed by atoms with Crippen molar-refractivity contribution in [2.75, 3.05) is 0 Å². The van der Waals surface area contributed by atoms with E-state index in [1.807, 2.05) is 20.8 Å². The van der Waals surface area contributed by atoms with E-state index in [0.29, 0.717) is 11.6 Å². The Morgan fingerprint density at radius 1 is 1.27 bits per heavy atom. The molecule has 0 fully saturated rings. The highest BCUT2D eigenvalue weighted by Gasteiger charge is 2.23. The topological polar surface area (TPSA) is 76.9 Å². The van der Waals surface area contributed by atoms with E-state index >= 15 is 0 Å². The van der Waals surface area contributed by atoms with E-state index in [1.165, 1.54) is 10.9 Å². The van der Waals surface area contributed by atoms with Crippen LogP contribution in [-0.2, 0) is 16.6 Å². The number of nitrogens with zero attached hydrogens (tertiary/aromatic N) is 3. The number of aryl methyl sites for hydroxylation is 1. The highest BCUT2D eigenvalue weighted by molar-refractivity contribution is 7.89. The third kappa shape index (κ3) is 4.06. The van der Waals surface area contributed by atoms with Crippen LogP contribution in [0.3, 0.4) is 0 Å². The monoisotopic (exact) mass is 342 g/mol. The molecule has 1 heterocycles. The van der Waals surface area contributed by atoms with E-state index in [1.54, 1.807) is 24.5 Å². The molecule has 1 aromatic heterocycles. The minimum Gasteiger partial charge on any atom is -0.207 e. The number of nitrogens with one attached hydrogen (secondary N) is 1. The van der Waals surface area contributed by atoms with Gasteiger partial charge in [0.1, 0.15) is 0 Å². The predicted molar refractivity (Wildman–Crippen MR) is 85.2 cm³/mol. The number of aromatic nitrogens is 3. The van der Waals surface area contributed by atoms with Gasteiger partial charge in [-0.05, 0) is 30.5 Å². The molecule has 120 valence electrons. The summed E-state index contributed by atoms with van der Waals surface area (Å²) >= 11 is 6.02. The van der Waals surface area contributed by atoms with Crippen LogP contribution in [0, 0.1) is 12.8 Å². The lowest BCUT2D eigenvalue weighted by molar-refractivity contribution is 0.361. The number of halogens is 1. The van der Waals surface area contributed by atoms with Gasteiger partial charge in [-0.2, -0.15) is 15.0 Å². The van der Waals surface area contributed by atoms with Crippen LogP contribution >= 0.6 is 11.6 Å². The van der Waals surface area contributed by atoms with Crippen LogP contribution in [0.1, 0.15) is 19.4 Å². The fraction of sp³-hybridized carbons (Fsp3) is 0.429. The van der Waals surface area contributed by atoms with Crippen LogP contribution in [0.15, 0.2) is 35.5 Å². The molecule has 2 rings (SSSR count). The van der Waals surface area contributed by atoms with Crippen molar-refractivity contribution in [3.8, 4) is 0 Å². The van der Waals surface area contributed by atoms with Gasteiger partial charge in [-0.3, -0.25) is 0 Å². The summed E-state index contributed by atoms with van der Waals surface area (Å²) in [7, 11) is -3.65. The van der Waals surface area contributed by atoms with Crippen molar-refractivity contribution in [1.82, 2.24) is 19.7 Å². The van der Waals surface area contributed by atoms with E-state index < -0.39 is 10.0 Å². The summed E-state index contributed by atoms with van der Waals surface area (Å²) in [6.07, 6.45) is 3.12. The molecule has 1 N–H and O–H groups in total. The molecule has 22 heavy (non-hydrogen) atoms. The number of hydrogen-bond acceptors (Lipinski definition) is 4. The maximum absolute atomic E-state index is 12.5. The first kappa shape index (κ1) is 16.9. The van der Waals surface area contributed by atoms with Gasteiger partial charge < -0.3 is 0 Å². The second-order valence-electron chi connectivity index (χ2n) is 5.47. The Hall–Kier alpha value is -1.44. The first-order valence-electron chi connectivity index (χ1n) is 6.92. The van der Waals surface area contributed by atoms with Crippen LogP contribution in [0.4, 0.5) is 0 Å². The van der Waals surface area contributed by atoms with Gasteiger partial charge in [0, 0.05) is 11.1 Å². The van der Waals surface area contributed by atoms with E-state index in [0.717, 1.165) is 5.56 Å². The second kappa shape index (κ2) is 6.76. The number of sulfonamides is 1. The molecule has 0 aliphatic heterocycles. The molecule has 0 spiro atoms. The van der Waals surface area contributed by atoms with Crippen molar-refractivity contribution in [2.24, 2.45) is 5.92 Å². The fourth-order valence-electron chi connectivity index (χ4n) is 1.91. The van der Waals surface area contributed by atoms with Crippen molar-refractivity contribution in [3.63, 3.8) is 0 Å². The molecule has 0 aliphatic rings. The lowest BCUT2D eigenvalue weighted by atomic mass is 10.1. The van der Waals surface area contributed by atoms with E-state index in [2.05, 4.69) is 14.9 Å². The molecule has 0 bridgehead atoms. The van der Waals surface area contributed by atoms with Crippen molar-refractivity contribution in [3.05, 3.63) is 41.2 Å². The molecule has 0 amide bonds. The molecule has 0 aliphatic carbocycles. The summed E-state index contributed by atoms with van der Waals surface area (Å²) in [5.74, 6) is 0.0849. The smallest absolute Gasteiger partial charge is 0.207 e. The normalized spacial score (nSPS) is 13.5. The summed E-state index contributed by atoms with van der Waals surface area (Å²) in [6, 6.07) is 4.38. The number of benzene rings is 1. The fourth-order valence-corrected chi connectivity index (χ4v) is 3.55. The van der Waals surface area contributed by atoms with E-state index in [9.17, 15) is 8.42 Å². The van der Waals surface area contributed by atoms with Gasteiger partial charge in [-0.15, -0.1) is 0 Å². The van der Waals surface area contributed by atoms with Crippen molar-refractivity contribution >= 4 is 21.6 Å². The zero-order chi connectivity index (χ0) is 16.3. The number of rotatable bonds is 6. The van der Waals surface area contributed by atoms with Gasteiger partial charge >= 0.3 is 0 Å². The Morgan fingerprint density at radius 3 is 2.45 bits per heavy atom. The lowest BCUT2D eigenvalue weighted by Crippen LogP contribution is -2.41. The lowest BCUT2D eigenvalue weighted by Gasteiger charge is -2.21. The Bertz CT molecular complexity index is 729. The highest BCUT2D eigenvalue weighted by Crippen LogP contribution is 2.20. The van der Waals surface area contributed by atoms with Crippen LogP contribution in [0.2, 0.25) is 5.02 Å². The average Bonchev–Trinajstić information content (AvgIpc) is 2.93. The molecular formula is C14H19ClN4O2S. The number of hydrogen-bond donors (Lipinski definition) is 1. The Morgan fingerprint density at radius 2 is 1.91 bits per heavy atom. The third-order valence-electron chi connectivity index (χ3n) is 3.39. The largest absolute Gasteiger partial charge is 0.240 e. The SMILES string of the molecule is Cc1ccc(S(=O)(=O)N[C@H](Cn2nccn2)C(C)C)cc1Cl. The Kier molecular flexibility index (Phi) is 5.20. The highest BCUT2D eigenvalue weighted by atomic mass is 35.5. The maximum Gasteiger partial charge on any atom is 0.240 e. The van der Waals surface area contributed by atoms with Gasteiger partial charge in [0.15, 0.2) is 0 Å². The molecule has 0 radical (unpaired) electrons. The minimum absolute atomic E-state index is 0.0849. The molecular weight excluding hydrogens is 324 g/mol. The Labute approximate surface area is 135 Å². The Balaban J connectivity index is 2.22. The van der Waals surface area contributed by atoms with Gasteiger partial charge in [0.25, 0.3) is 0 Å². The molecule has 0 saturated carbocycles. The molecule has 1 atom stereocenters. The second-order valence-corrected chi connectivity index (χ2v) is 7.59. The molecule has 0 saturated heterocycles. The zero-order valence-electron chi connectivity index (χ0n) is 12.7. The van der Waals surface area contributed by atoms with E-state index in [4.69, 9.17) is 11.6 Å². The molecule has 0 unspecified atom stereocenters. The summed E-state index contributed by atoms with van der Waals surface area (Å²) in [4.78, 5) is 1.62. The summed E-state index contributed by atoms with van der Waals surface area (Å²) in [5, 5.41) is 8.46. The summed E-state index contributed by atoms with van der Waals surface area (Å²) < 4.78 is 27.7. The van der Waals surface area contributed by atoms with Gasteiger partial charge in [0.05, 0.1) is 23.8 Å². The third-order valence-corrected chi connectivity index (χ3v) is 5.29. The molecule has 2 aromatic rings. The summed E-state index contributed by atoms with van der Waals surface area (Å²) in [5.41, 5.74) is 0.835. The first-order valence-corrected chi connectivity index (χ1v) is 8.78. The van der Waals surface area contributed by atoms with E-state index in [-0.39, 0.29) is 16.9 Å². The molecule has 1 aromatic carbocycles. The van der Waals surface area contributed by atoms with Crippen LogP contribution in [0.25, 0.3) is 0 Å². The average molecular weight is 343 g/mol. The van der Waals surface area contributed by atoms with Crippen LogP contribution in [-0.4, -0.2) is 29.5 Å². The van der Waals surface area contributed by atoms with Gasteiger partial charge in [0.2, 0.25) is 10.0 Å². The quantitative estimate of drug-likeness (QED) is 0.873. The predicted octanol–water partition coefficient (Wildman–Crippen LogP) is 2.24. The van der Waals surface area contributed by atoms with Crippen LogP contribution in [0.5, 0.6) is 0 Å². The van der Waals surface area contributed by atoms with Crippen molar-refractivity contribution < 1.29 is 8.42 Å². The van der Waals surface area contributed by atoms with Gasteiger partial charge in [-0.25, -0.2) is 13.1 Å². The minimum atomic E-state index is -3.65. The van der Waals surface area contributed by atoms with Crippen LogP contribution < -0.4 is 4.72 Å². The molecule has 6 nitrogen and oxygen atoms in total. The van der Waals surface area contributed by atoms with Gasteiger partial charge in [-0.1, -0.05) is 31.5 Å². The summed E-state index contributed by atoms with van der Waals surface area (Å²) in [6.45, 7) is 6.08. The van der Waals surface area contributed by atoms with Crippen molar-refractivity contribution in [1.29, 1.82) is 0 Å². The molecule has 8 heteroatoms.